The van der Waals surface area contributed by atoms with Gasteiger partial charge in [-0.05, 0) is 37.5 Å². The van der Waals surface area contributed by atoms with Crippen LogP contribution in [0.4, 0.5) is 11.5 Å². The van der Waals surface area contributed by atoms with Crippen molar-refractivity contribution < 1.29 is 4.79 Å². The van der Waals surface area contributed by atoms with Crippen molar-refractivity contribution in [3.05, 3.63) is 41.3 Å². The average molecular weight is 440 g/mol. The highest BCUT2D eigenvalue weighted by Gasteiger charge is 2.27. The van der Waals surface area contributed by atoms with E-state index in [9.17, 15) is 4.79 Å². The molecule has 2 aliphatic heterocycles. The van der Waals surface area contributed by atoms with Crippen LogP contribution < -0.4 is 9.80 Å². The molecule has 1 aromatic carbocycles. The number of fused-ring (bicyclic) bond motifs is 1. The Hall–Kier alpha value is -2.87. The Morgan fingerprint density at radius 2 is 1.74 bits per heavy atom. The Morgan fingerprint density at radius 1 is 0.968 bits per heavy atom. The van der Waals surface area contributed by atoms with Gasteiger partial charge in [0.2, 0.25) is 5.82 Å². The fraction of sp³-hybridized carbons (Fsp3) is 0.455. The maximum absolute atomic E-state index is 13.3. The minimum atomic E-state index is -0.118. The molecule has 2 saturated heterocycles. The van der Waals surface area contributed by atoms with E-state index in [1.165, 1.54) is 6.42 Å². The summed E-state index contributed by atoms with van der Waals surface area (Å²) in [6.07, 6.45) is 5.32. The lowest BCUT2D eigenvalue weighted by molar-refractivity contribution is 0.0735. The minimum absolute atomic E-state index is 0.118. The van der Waals surface area contributed by atoms with E-state index in [0.717, 1.165) is 60.9 Å². The number of carbonyl (C=O) groups excluding carboxylic acids is 1. The van der Waals surface area contributed by atoms with Crippen molar-refractivity contribution in [1.82, 2.24) is 24.6 Å². The number of aromatic nitrogens is 4. The molecule has 2 aromatic heterocycles. The Bertz CT molecular complexity index is 1100. The summed E-state index contributed by atoms with van der Waals surface area (Å²) in [4.78, 5) is 29.0. The van der Waals surface area contributed by atoms with Crippen molar-refractivity contribution >= 4 is 40.0 Å². The number of halogens is 1. The van der Waals surface area contributed by atoms with E-state index in [1.54, 1.807) is 10.9 Å². The molecule has 2 aliphatic rings. The summed E-state index contributed by atoms with van der Waals surface area (Å²) in [6.45, 7) is 4.65. The third-order valence-corrected chi connectivity index (χ3v) is 6.39. The van der Waals surface area contributed by atoms with E-state index in [0.29, 0.717) is 18.7 Å². The van der Waals surface area contributed by atoms with E-state index in [4.69, 9.17) is 16.6 Å². The van der Waals surface area contributed by atoms with Crippen molar-refractivity contribution in [3.8, 4) is 0 Å². The standard InChI is InChI=1S/C22H26ClN7O/c1-27-20-18(15-24-27)21(29-8-3-2-4-9-29)26-19(25-20)22(31)30-12-10-28(11-13-30)17-7-5-6-16(23)14-17/h5-7,14-15H,2-4,8-13H2,1H3. The Labute approximate surface area is 186 Å². The fourth-order valence-electron chi connectivity index (χ4n) is 4.43. The monoisotopic (exact) mass is 439 g/mol. The van der Waals surface area contributed by atoms with Gasteiger partial charge in [0.25, 0.3) is 5.91 Å². The zero-order chi connectivity index (χ0) is 21.4. The smallest absolute Gasteiger partial charge is 0.291 e. The number of nitrogens with zero attached hydrogens (tertiary/aromatic N) is 7. The molecule has 1 amide bonds. The van der Waals surface area contributed by atoms with E-state index in [2.05, 4.69) is 19.9 Å². The van der Waals surface area contributed by atoms with Crippen molar-refractivity contribution in [1.29, 1.82) is 0 Å². The lowest BCUT2D eigenvalue weighted by Crippen LogP contribution is -2.49. The summed E-state index contributed by atoms with van der Waals surface area (Å²) in [6, 6.07) is 7.84. The molecule has 0 radical (unpaired) electrons. The number of rotatable bonds is 3. The molecule has 0 spiro atoms. The number of amides is 1. The van der Waals surface area contributed by atoms with Crippen molar-refractivity contribution in [2.75, 3.05) is 49.1 Å². The molecular weight excluding hydrogens is 414 g/mol. The van der Waals surface area contributed by atoms with Crippen molar-refractivity contribution in [3.63, 3.8) is 0 Å². The van der Waals surface area contributed by atoms with Crippen LogP contribution in [0.2, 0.25) is 5.02 Å². The highest BCUT2D eigenvalue weighted by atomic mass is 35.5. The SMILES string of the molecule is Cn1ncc2c(N3CCCCC3)nc(C(=O)N3CCN(c4cccc(Cl)c4)CC3)nc21. The molecule has 0 saturated carbocycles. The number of hydrogen-bond acceptors (Lipinski definition) is 6. The van der Waals surface area contributed by atoms with Gasteiger partial charge in [0.15, 0.2) is 5.65 Å². The lowest BCUT2D eigenvalue weighted by Gasteiger charge is -2.36. The van der Waals surface area contributed by atoms with Gasteiger partial charge in [-0.15, -0.1) is 0 Å². The first kappa shape index (κ1) is 20.1. The third-order valence-electron chi connectivity index (χ3n) is 6.16. The van der Waals surface area contributed by atoms with Gasteiger partial charge in [0.1, 0.15) is 5.82 Å². The fourth-order valence-corrected chi connectivity index (χ4v) is 4.62. The number of piperazine rings is 1. The molecule has 9 heteroatoms. The predicted octanol–water partition coefficient (Wildman–Crippen LogP) is 2.97. The van der Waals surface area contributed by atoms with Gasteiger partial charge in [0, 0.05) is 57.0 Å². The normalized spacial score (nSPS) is 17.4. The molecule has 31 heavy (non-hydrogen) atoms. The van der Waals surface area contributed by atoms with Crippen LogP contribution in [-0.4, -0.2) is 69.8 Å². The molecule has 8 nitrogen and oxygen atoms in total. The number of aryl methyl sites for hydroxylation is 1. The molecule has 5 rings (SSSR count). The zero-order valence-corrected chi connectivity index (χ0v) is 18.4. The maximum atomic E-state index is 13.3. The second kappa shape index (κ2) is 8.34. The molecule has 0 unspecified atom stereocenters. The lowest BCUT2D eigenvalue weighted by atomic mass is 10.1. The van der Waals surface area contributed by atoms with Crippen LogP contribution in [0.25, 0.3) is 11.0 Å². The van der Waals surface area contributed by atoms with Gasteiger partial charge in [-0.3, -0.25) is 9.48 Å². The summed E-state index contributed by atoms with van der Waals surface area (Å²) in [5.74, 6) is 0.971. The summed E-state index contributed by atoms with van der Waals surface area (Å²) in [7, 11) is 1.85. The van der Waals surface area contributed by atoms with Crippen molar-refractivity contribution in [2.45, 2.75) is 19.3 Å². The molecule has 2 fully saturated rings. The molecule has 162 valence electrons. The molecule has 3 aromatic rings. The predicted molar refractivity (Wildman–Crippen MR) is 122 cm³/mol. The van der Waals surface area contributed by atoms with Crippen molar-refractivity contribution in [2.24, 2.45) is 7.05 Å². The van der Waals surface area contributed by atoms with Crippen LogP contribution in [0.5, 0.6) is 0 Å². The Morgan fingerprint density at radius 3 is 2.48 bits per heavy atom. The number of anilines is 2. The van der Waals surface area contributed by atoms with E-state index < -0.39 is 0 Å². The highest BCUT2D eigenvalue weighted by molar-refractivity contribution is 6.30. The number of piperidine rings is 1. The third kappa shape index (κ3) is 3.92. The second-order valence-corrected chi connectivity index (χ2v) is 8.62. The number of hydrogen-bond donors (Lipinski definition) is 0. The van der Waals surface area contributed by atoms with E-state index >= 15 is 0 Å². The van der Waals surface area contributed by atoms with Gasteiger partial charge in [-0.2, -0.15) is 5.10 Å². The second-order valence-electron chi connectivity index (χ2n) is 8.18. The first-order valence-corrected chi connectivity index (χ1v) is 11.2. The molecule has 0 bridgehead atoms. The van der Waals surface area contributed by atoms with Gasteiger partial charge in [-0.1, -0.05) is 17.7 Å². The average Bonchev–Trinajstić information content (AvgIpc) is 3.19. The van der Waals surface area contributed by atoms with Gasteiger partial charge < -0.3 is 14.7 Å². The number of benzene rings is 1. The molecule has 0 atom stereocenters. The topological polar surface area (TPSA) is 70.4 Å². The summed E-state index contributed by atoms with van der Waals surface area (Å²) < 4.78 is 1.72. The molecular formula is C22H26ClN7O. The van der Waals surface area contributed by atoms with Crippen LogP contribution in [0.3, 0.4) is 0 Å². The molecule has 0 aliphatic carbocycles. The van der Waals surface area contributed by atoms with Crippen LogP contribution in [0, 0.1) is 0 Å². The molecule has 4 heterocycles. The highest BCUT2D eigenvalue weighted by Crippen LogP contribution is 2.27. The summed E-state index contributed by atoms with van der Waals surface area (Å²) in [5.41, 5.74) is 1.79. The summed E-state index contributed by atoms with van der Waals surface area (Å²) >= 11 is 6.13. The quantitative estimate of drug-likeness (QED) is 0.624. The largest absolute Gasteiger partial charge is 0.368 e. The van der Waals surface area contributed by atoms with E-state index in [-0.39, 0.29) is 11.7 Å². The van der Waals surface area contributed by atoms with Gasteiger partial charge in [0.05, 0.1) is 11.6 Å². The van der Waals surface area contributed by atoms with Crippen LogP contribution in [0.1, 0.15) is 29.9 Å². The first-order chi connectivity index (χ1) is 15.1. The number of carbonyl (C=O) groups is 1. The zero-order valence-electron chi connectivity index (χ0n) is 17.7. The van der Waals surface area contributed by atoms with Crippen LogP contribution >= 0.6 is 11.6 Å². The summed E-state index contributed by atoms with van der Waals surface area (Å²) in [5, 5.41) is 5.99. The van der Waals surface area contributed by atoms with Crippen LogP contribution in [-0.2, 0) is 7.05 Å². The first-order valence-electron chi connectivity index (χ1n) is 10.8. The Kier molecular flexibility index (Phi) is 5.40. The van der Waals surface area contributed by atoms with Gasteiger partial charge in [-0.25, -0.2) is 9.97 Å². The maximum Gasteiger partial charge on any atom is 0.291 e. The minimum Gasteiger partial charge on any atom is -0.368 e. The molecule has 0 N–H and O–H groups in total. The Balaban J connectivity index is 1.38. The van der Waals surface area contributed by atoms with Gasteiger partial charge >= 0.3 is 0 Å². The van der Waals surface area contributed by atoms with E-state index in [1.807, 2.05) is 36.2 Å². The van der Waals surface area contributed by atoms with Crippen LogP contribution in [0.15, 0.2) is 30.5 Å².